The molecule has 192 valence electrons. The number of ether oxygens (including phenoxy) is 1. The summed E-state index contributed by atoms with van der Waals surface area (Å²) in [4.78, 5) is 33.6. The third-order valence-corrected chi connectivity index (χ3v) is 7.56. The van der Waals surface area contributed by atoms with Crippen LogP contribution in [0.5, 0.6) is 5.75 Å². The van der Waals surface area contributed by atoms with Crippen LogP contribution in [0.3, 0.4) is 0 Å². The SMILES string of the molecule is CN=C/C(=C\N)NC(=O)C(CC1CCCC1)NC(=O)c1ccc(CN2CCOc3ccc(F)cc32)s1. The maximum absolute atomic E-state index is 13.8. The molecule has 4 N–H and O–H groups in total. The number of carbonyl (C=O) groups is 2. The van der Waals surface area contributed by atoms with Gasteiger partial charge in [0.05, 0.1) is 29.4 Å². The number of amides is 2. The van der Waals surface area contributed by atoms with Crippen LogP contribution in [0.1, 0.15) is 46.7 Å². The van der Waals surface area contributed by atoms with E-state index in [-0.39, 0.29) is 17.6 Å². The summed E-state index contributed by atoms with van der Waals surface area (Å²) in [6.07, 6.45) is 7.72. The second-order valence-electron chi connectivity index (χ2n) is 9.06. The first kappa shape index (κ1) is 25.7. The Labute approximate surface area is 214 Å². The molecule has 0 radical (unpaired) electrons. The Bertz CT molecular complexity index is 1140. The van der Waals surface area contributed by atoms with Gasteiger partial charge in [0.1, 0.15) is 24.2 Å². The molecule has 1 fully saturated rings. The predicted octanol–water partition coefficient (Wildman–Crippen LogP) is 3.58. The fourth-order valence-electron chi connectivity index (χ4n) is 4.71. The van der Waals surface area contributed by atoms with Gasteiger partial charge in [-0.15, -0.1) is 11.3 Å². The van der Waals surface area contributed by atoms with Gasteiger partial charge in [0.15, 0.2) is 0 Å². The van der Waals surface area contributed by atoms with E-state index in [1.807, 2.05) is 11.0 Å². The van der Waals surface area contributed by atoms with Gasteiger partial charge in [0, 0.05) is 30.4 Å². The number of hydrogen-bond donors (Lipinski definition) is 3. The van der Waals surface area contributed by atoms with Gasteiger partial charge in [-0.3, -0.25) is 14.6 Å². The minimum absolute atomic E-state index is 0.291. The van der Waals surface area contributed by atoms with Crippen molar-refractivity contribution in [2.24, 2.45) is 16.6 Å². The average Bonchev–Trinajstić information content (AvgIpc) is 3.56. The van der Waals surface area contributed by atoms with Crippen molar-refractivity contribution in [2.75, 3.05) is 25.1 Å². The van der Waals surface area contributed by atoms with E-state index in [4.69, 9.17) is 10.5 Å². The van der Waals surface area contributed by atoms with E-state index in [0.29, 0.717) is 54.0 Å². The van der Waals surface area contributed by atoms with Gasteiger partial charge < -0.3 is 26.0 Å². The number of halogens is 1. The highest BCUT2D eigenvalue weighted by Crippen LogP contribution is 2.34. The third-order valence-electron chi connectivity index (χ3n) is 6.49. The molecule has 10 heteroatoms. The molecular weight excluding hydrogens is 481 g/mol. The molecule has 2 aliphatic rings. The number of benzene rings is 1. The predicted molar refractivity (Wildman–Crippen MR) is 140 cm³/mol. The van der Waals surface area contributed by atoms with Crippen LogP contribution in [0.25, 0.3) is 0 Å². The summed E-state index contributed by atoms with van der Waals surface area (Å²) in [5, 5.41) is 5.69. The number of carbonyl (C=O) groups excluding carboxylic acids is 2. The first-order valence-electron chi connectivity index (χ1n) is 12.2. The highest BCUT2D eigenvalue weighted by molar-refractivity contribution is 7.14. The number of thiophene rings is 1. The van der Waals surface area contributed by atoms with Crippen LogP contribution < -0.4 is 26.0 Å². The second kappa shape index (κ2) is 12.0. The summed E-state index contributed by atoms with van der Waals surface area (Å²) in [6, 6.07) is 7.47. The number of fused-ring (bicyclic) bond motifs is 1. The zero-order valence-electron chi connectivity index (χ0n) is 20.3. The summed E-state index contributed by atoms with van der Waals surface area (Å²) in [5.74, 6) is 0.125. The lowest BCUT2D eigenvalue weighted by molar-refractivity contribution is -0.122. The minimum Gasteiger partial charge on any atom is -0.490 e. The van der Waals surface area contributed by atoms with Gasteiger partial charge in [-0.25, -0.2) is 4.39 Å². The van der Waals surface area contributed by atoms with Crippen LogP contribution in [0.2, 0.25) is 0 Å². The van der Waals surface area contributed by atoms with Crippen molar-refractivity contribution < 1.29 is 18.7 Å². The van der Waals surface area contributed by atoms with E-state index < -0.39 is 6.04 Å². The maximum atomic E-state index is 13.8. The van der Waals surface area contributed by atoms with Crippen LogP contribution >= 0.6 is 11.3 Å². The van der Waals surface area contributed by atoms with Crippen LogP contribution in [0.4, 0.5) is 10.1 Å². The number of nitrogens with zero attached hydrogens (tertiary/aromatic N) is 2. The number of anilines is 1. The molecule has 4 rings (SSSR count). The standard InChI is InChI=1S/C26H32FN5O3S/c1-29-15-19(14-28)30-25(33)21(12-17-4-2-3-5-17)31-26(34)24-9-7-20(36-24)16-32-10-11-35-23-8-6-18(27)13-22(23)32/h6-9,13-15,17,21H,2-5,10-12,16,28H2,1H3,(H,30,33)(H,31,34)/b19-14+,29-15?. The average molecular weight is 514 g/mol. The summed E-state index contributed by atoms with van der Waals surface area (Å²) in [6.45, 7) is 1.67. The smallest absolute Gasteiger partial charge is 0.262 e. The van der Waals surface area contributed by atoms with Crippen molar-refractivity contribution in [1.82, 2.24) is 10.6 Å². The van der Waals surface area contributed by atoms with Crippen molar-refractivity contribution in [3.05, 3.63) is 57.8 Å². The highest BCUT2D eigenvalue weighted by atomic mass is 32.1. The third kappa shape index (κ3) is 6.42. The molecule has 1 saturated carbocycles. The van der Waals surface area contributed by atoms with Crippen LogP contribution in [0, 0.1) is 11.7 Å². The summed E-state index contributed by atoms with van der Waals surface area (Å²) in [5.41, 5.74) is 6.68. The molecular formula is C26H32FN5O3S. The molecule has 1 aliphatic heterocycles. The minimum atomic E-state index is -0.680. The number of nitrogens with two attached hydrogens (primary N) is 1. The monoisotopic (exact) mass is 513 g/mol. The van der Waals surface area contributed by atoms with Crippen molar-refractivity contribution >= 4 is 35.1 Å². The lowest BCUT2D eigenvalue weighted by Crippen LogP contribution is -2.47. The Morgan fingerprint density at radius 3 is 2.86 bits per heavy atom. The molecule has 0 saturated heterocycles. The number of nitrogens with one attached hydrogen (secondary N) is 2. The number of hydrogen-bond acceptors (Lipinski definition) is 7. The Morgan fingerprint density at radius 1 is 1.31 bits per heavy atom. The van der Waals surface area contributed by atoms with Crippen LogP contribution in [-0.2, 0) is 11.3 Å². The van der Waals surface area contributed by atoms with E-state index in [0.717, 1.165) is 30.6 Å². The van der Waals surface area contributed by atoms with Gasteiger partial charge >= 0.3 is 0 Å². The van der Waals surface area contributed by atoms with Gasteiger partial charge in [0.2, 0.25) is 5.91 Å². The lowest BCUT2D eigenvalue weighted by Gasteiger charge is -2.30. The number of rotatable bonds is 9. The fourth-order valence-corrected chi connectivity index (χ4v) is 5.64. The molecule has 36 heavy (non-hydrogen) atoms. The fraction of sp³-hybridized carbons (Fsp3) is 0.423. The van der Waals surface area contributed by atoms with Gasteiger partial charge in [0.25, 0.3) is 5.91 Å². The molecule has 0 spiro atoms. The highest BCUT2D eigenvalue weighted by Gasteiger charge is 2.28. The summed E-state index contributed by atoms with van der Waals surface area (Å²) in [7, 11) is 1.59. The van der Waals surface area contributed by atoms with Gasteiger partial charge in [-0.1, -0.05) is 25.7 Å². The van der Waals surface area contributed by atoms with Crippen molar-refractivity contribution in [1.29, 1.82) is 0 Å². The summed E-state index contributed by atoms with van der Waals surface area (Å²) >= 11 is 1.36. The molecule has 0 bridgehead atoms. The molecule has 1 atom stereocenters. The molecule has 1 aliphatic carbocycles. The van der Waals surface area contributed by atoms with Gasteiger partial charge in [-0.2, -0.15) is 0 Å². The topological polar surface area (TPSA) is 109 Å². The normalized spacial score (nSPS) is 17.1. The number of aliphatic imine (C=N–C) groups is 1. The molecule has 2 heterocycles. The van der Waals surface area contributed by atoms with E-state index in [1.165, 1.54) is 35.9 Å². The second-order valence-corrected chi connectivity index (χ2v) is 10.2. The van der Waals surface area contributed by atoms with E-state index >= 15 is 0 Å². The molecule has 1 aromatic heterocycles. The van der Waals surface area contributed by atoms with E-state index in [9.17, 15) is 14.0 Å². The van der Waals surface area contributed by atoms with Crippen LogP contribution in [-0.4, -0.2) is 44.3 Å². The van der Waals surface area contributed by atoms with Crippen molar-refractivity contribution in [3.8, 4) is 5.75 Å². The molecule has 1 aromatic carbocycles. The zero-order valence-corrected chi connectivity index (χ0v) is 21.2. The first-order chi connectivity index (χ1) is 17.5. The van der Waals surface area contributed by atoms with Crippen molar-refractivity contribution in [2.45, 2.75) is 44.7 Å². The molecule has 2 amide bonds. The lowest BCUT2D eigenvalue weighted by atomic mass is 9.97. The van der Waals surface area contributed by atoms with E-state index in [1.54, 1.807) is 19.2 Å². The van der Waals surface area contributed by atoms with Crippen LogP contribution in [0.15, 0.2) is 47.2 Å². The summed E-state index contributed by atoms with van der Waals surface area (Å²) < 4.78 is 19.4. The maximum Gasteiger partial charge on any atom is 0.262 e. The van der Waals surface area contributed by atoms with Gasteiger partial charge in [-0.05, 0) is 36.6 Å². The zero-order chi connectivity index (χ0) is 25.5. The Balaban J connectivity index is 1.44. The quantitative estimate of drug-likeness (QED) is 0.444. The van der Waals surface area contributed by atoms with Crippen molar-refractivity contribution in [3.63, 3.8) is 0 Å². The first-order valence-corrected chi connectivity index (χ1v) is 13.0. The van der Waals surface area contributed by atoms with E-state index in [2.05, 4.69) is 15.6 Å². The molecule has 8 nitrogen and oxygen atoms in total. The number of allylic oxidation sites excluding steroid dienone is 1. The largest absolute Gasteiger partial charge is 0.490 e. The Morgan fingerprint density at radius 2 is 2.11 bits per heavy atom. The Kier molecular flexibility index (Phi) is 8.58. The molecule has 2 aromatic rings. The Hall–Kier alpha value is -3.40. The molecule has 1 unspecified atom stereocenters.